The summed E-state index contributed by atoms with van der Waals surface area (Å²) in [4.78, 5) is 40.4. The Morgan fingerprint density at radius 2 is 1.64 bits per heavy atom. The molecule has 3 aromatic rings. The van der Waals surface area contributed by atoms with Crippen molar-refractivity contribution in [3.63, 3.8) is 0 Å². The first kappa shape index (κ1) is 35.7. The summed E-state index contributed by atoms with van der Waals surface area (Å²) in [6.07, 6.45) is -0.741. The molecule has 1 heterocycles. The summed E-state index contributed by atoms with van der Waals surface area (Å²) in [5.41, 5.74) is 0.549. The van der Waals surface area contributed by atoms with E-state index in [1.165, 1.54) is 57.6 Å². The van der Waals surface area contributed by atoms with Crippen LogP contribution in [-0.4, -0.2) is 94.6 Å². The number of rotatable bonds is 16. The Kier molecular flexibility index (Phi) is 12.6. The second kappa shape index (κ2) is 16.5. The number of methoxy groups -OCH3 is 4. The van der Waals surface area contributed by atoms with E-state index in [9.17, 15) is 19.7 Å². The lowest BCUT2D eigenvalue weighted by atomic mass is 9.96. The van der Waals surface area contributed by atoms with Crippen molar-refractivity contribution in [2.24, 2.45) is 0 Å². The molecule has 2 aromatic carbocycles. The average molecular weight is 652 g/mol. The fourth-order valence-corrected chi connectivity index (χ4v) is 4.37. The number of furan rings is 1. The molecule has 0 radical (unpaired) electrons. The zero-order valence-corrected chi connectivity index (χ0v) is 27.2. The number of benzene rings is 2. The van der Waals surface area contributed by atoms with Gasteiger partial charge >= 0.3 is 12.0 Å². The second-order valence-electron chi connectivity index (χ2n) is 10.0. The number of carbonyl (C=O) groups excluding carboxylic acids is 2. The zero-order valence-electron chi connectivity index (χ0n) is 27.2. The van der Waals surface area contributed by atoms with Crippen molar-refractivity contribution in [1.82, 2.24) is 9.80 Å². The molecular formula is C32H37N5O10. The van der Waals surface area contributed by atoms with E-state index in [0.29, 0.717) is 23.6 Å². The highest BCUT2D eigenvalue weighted by Crippen LogP contribution is 2.39. The Morgan fingerprint density at radius 1 is 0.979 bits per heavy atom. The van der Waals surface area contributed by atoms with E-state index < -0.39 is 22.7 Å². The van der Waals surface area contributed by atoms with E-state index in [1.54, 1.807) is 19.1 Å². The van der Waals surface area contributed by atoms with Gasteiger partial charge in [0.1, 0.15) is 22.1 Å². The van der Waals surface area contributed by atoms with Gasteiger partial charge < -0.3 is 38.3 Å². The molecule has 1 aromatic heterocycles. The summed E-state index contributed by atoms with van der Waals surface area (Å²) in [5, 5.41) is 23.1. The maximum atomic E-state index is 13.7. The third-order valence-electron chi connectivity index (χ3n) is 6.75. The first-order valence-corrected chi connectivity index (χ1v) is 14.1. The SMILES string of the molecule is CC#Cc1c(OC)ccc(C(=N)C(=O)c2cc(OC)c(OC)c(OC)c2)c1NCN(CCN(C)C)C(=O)OCc1ccc([N+](=O)[O-])o1. The molecule has 15 heteroatoms. The molecule has 15 nitrogen and oxygen atoms in total. The summed E-state index contributed by atoms with van der Waals surface area (Å²) in [6, 6.07) is 8.57. The molecule has 0 saturated carbocycles. The fraction of sp³-hybridized carbons (Fsp3) is 0.344. The van der Waals surface area contributed by atoms with Gasteiger partial charge in [0.2, 0.25) is 11.5 Å². The minimum absolute atomic E-state index is 0.0971. The third kappa shape index (κ3) is 8.70. The predicted octanol–water partition coefficient (Wildman–Crippen LogP) is 4.41. The van der Waals surface area contributed by atoms with Gasteiger partial charge in [0.15, 0.2) is 18.1 Å². The van der Waals surface area contributed by atoms with Crippen LogP contribution in [0.3, 0.4) is 0 Å². The van der Waals surface area contributed by atoms with Crippen molar-refractivity contribution < 1.29 is 42.6 Å². The summed E-state index contributed by atoms with van der Waals surface area (Å²) in [5.74, 6) is 5.93. The van der Waals surface area contributed by atoms with Crippen LogP contribution < -0.4 is 24.3 Å². The quantitative estimate of drug-likeness (QED) is 0.0557. The first-order valence-electron chi connectivity index (χ1n) is 14.1. The van der Waals surface area contributed by atoms with Crippen LogP contribution in [0.15, 0.2) is 40.8 Å². The predicted molar refractivity (Wildman–Crippen MR) is 172 cm³/mol. The molecule has 1 amide bonds. The van der Waals surface area contributed by atoms with Crippen molar-refractivity contribution in [3.05, 3.63) is 69.0 Å². The summed E-state index contributed by atoms with van der Waals surface area (Å²) in [6.45, 7) is 1.84. The molecule has 0 aliphatic rings. The van der Waals surface area contributed by atoms with Gasteiger partial charge in [0.25, 0.3) is 0 Å². The number of nitrogens with one attached hydrogen (secondary N) is 2. The standard InChI is InChI=1S/C32H37N5O10/c1-8-9-22-24(42-4)12-11-23(28(33)30(38)20-16-25(43-5)31(45-7)26(17-20)44-6)29(22)34-19-36(15-14-35(2)3)32(39)46-18-21-10-13-27(47-21)37(40)41/h10-13,16-17,33-34H,14-15,18-19H2,1-7H3. The van der Waals surface area contributed by atoms with Crippen LogP contribution in [0.5, 0.6) is 23.0 Å². The lowest BCUT2D eigenvalue weighted by Crippen LogP contribution is -2.40. The summed E-state index contributed by atoms with van der Waals surface area (Å²) >= 11 is 0. The van der Waals surface area contributed by atoms with Crippen LogP contribution in [0.1, 0.15) is 34.2 Å². The monoisotopic (exact) mass is 651 g/mol. The van der Waals surface area contributed by atoms with E-state index in [2.05, 4.69) is 17.2 Å². The number of Topliss-reactive ketones (excluding diaryl/α,β-unsaturated/α-hetero) is 1. The summed E-state index contributed by atoms with van der Waals surface area (Å²) < 4.78 is 32.1. The van der Waals surface area contributed by atoms with Gasteiger partial charge in [-0.1, -0.05) is 5.92 Å². The van der Waals surface area contributed by atoms with Gasteiger partial charge in [-0.05, 0) is 51.4 Å². The Bertz CT molecular complexity index is 1660. The Hall–Kier alpha value is -5.75. The number of ketones is 1. The number of carbonyl (C=O) groups is 2. The minimum atomic E-state index is -0.741. The molecule has 47 heavy (non-hydrogen) atoms. The smallest absolute Gasteiger partial charge is 0.433 e. The summed E-state index contributed by atoms with van der Waals surface area (Å²) in [7, 11) is 9.42. The number of hydrogen-bond acceptors (Lipinski definition) is 13. The van der Waals surface area contributed by atoms with Crippen LogP contribution in [-0.2, 0) is 11.3 Å². The molecule has 0 saturated heterocycles. The molecule has 0 fully saturated rings. The number of ether oxygens (including phenoxy) is 5. The van der Waals surface area contributed by atoms with Crippen LogP contribution in [0.4, 0.5) is 16.4 Å². The lowest BCUT2D eigenvalue weighted by Gasteiger charge is -2.26. The largest absolute Gasteiger partial charge is 0.495 e. The van der Waals surface area contributed by atoms with Gasteiger partial charge in [-0.25, -0.2) is 4.79 Å². The molecule has 0 aliphatic carbocycles. The van der Waals surface area contributed by atoms with Crippen molar-refractivity contribution in [3.8, 4) is 34.8 Å². The normalized spacial score (nSPS) is 10.4. The van der Waals surface area contributed by atoms with Crippen LogP contribution >= 0.6 is 0 Å². The average Bonchev–Trinajstić information content (AvgIpc) is 3.55. The number of anilines is 1. The second-order valence-corrected chi connectivity index (χ2v) is 10.0. The maximum Gasteiger partial charge on any atom is 0.433 e. The molecule has 0 spiro atoms. The van der Waals surface area contributed by atoms with Crippen LogP contribution in [0.25, 0.3) is 0 Å². The molecule has 0 atom stereocenters. The first-order chi connectivity index (χ1) is 22.5. The number of likely N-dealkylation sites (N-methyl/N-ethyl adjacent to an activating group) is 1. The molecule has 0 aliphatic heterocycles. The van der Waals surface area contributed by atoms with E-state index in [1.807, 2.05) is 19.0 Å². The Morgan fingerprint density at radius 3 is 2.17 bits per heavy atom. The highest BCUT2D eigenvalue weighted by molar-refractivity contribution is 6.51. The van der Waals surface area contributed by atoms with E-state index in [4.69, 9.17) is 33.5 Å². The van der Waals surface area contributed by atoms with Crippen LogP contribution in [0, 0.1) is 27.4 Å². The molecule has 250 valence electrons. The highest BCUT2D eigenvalue weighted by atomic mass is 16.7. The number of nitrogens with zero attached hydrogens (tertiary/aromatic N) is 3. The van der Waals surface area contributed by atoms with Crippen molar-refractivity contribution in [2.45, 2.75) is 13.5 Å². The molecule has 2 N–H and O–H groups in total. The van der Waals surface area contributed by atoms with E-state index >= 15 is 0 Å². The Labute approximate surface area is 271 Å². The maximum absolute atomic E-state index is 13.7. The number of hydrogen-bond donors (Lipinski definition) is 2. The van der Waals surface area contributed by atoms with Gasteiger partial charge in [-0.15, -0.1) is 5.92 Å². The van der Waals surface area contributed by atoms with Crippen molar-refractivity contribution >= 4 is 29.2 Å². The molecular weight excluding hydrogens is 614 g/mol. The van der Waals surface area contributed by atoms with Gasteiger partial charge in [-0.3, -0.25) is 25.2 Å². The minimum Gasteiger partial charge on any atom is -0.495 e. The topological polar surface area (TPSA) is 179 Å². The lowest BCUT2D eigenvalue weighted by molar-refractivity contribution is -0.402. The highest BCUT2D eigenvalue weighted by Gasteiger charge is 2.26. The van der Waals surface area contributed by atoms with Crippen molar-refractivity contribution in [1.29, 1.82) is 5.41 Å². The van der Waals surface area contributed by atoms with E-state index in [-0.39, 0.29) is 59.6 Å². The van der Waals surface area contributed by atoms with Gasteiger partial charge in [-0.2, -0.15) is 0 Å². The van der Waals surface area contributed by atoms with Crippen molar-refractivity contribution in [2.75, 3.05) is 67.6 Å². The Balaban J connectivity index is 1.98. The van der Waals surface area contributed by atoms with E-state index in [0.717, 1.165) is 0 Å². The molecule has 0 unspecified atom stereocenters. The van der Waals surface area contributed by atoms with Gasteiger partial charge in [0, 0.05) is 24.2 Å². The third-order valence-corrected chi connectivity index (χ3v) is 6.75. The fourth-order valence-electron chi connectivity index (χ4n) is 4.37. The zero-order chi connectivity index (χ0) is 34.7. The molecule has 0 bridgehead atoms. The molecule has 3 rings (SSSR count). The number of amides is 1. The van der Waals surface area contributed by atoms with Gasteiger partial charge in [0.05, 0.1) is 52.4 Å². The van der Waals surface area contributed by atoms with Crippen LogP contribution in [0.2, 0.25) is 0 Å². The number of nitro groups is 1.